The van der Waals surface area contributed by atoms with Gasteiger partial charge in [-0.2, -0.15) is 5.10 Å². The summed E-state index contributed by atoms with van der Waals surface area (Å²) in [6.07, 6.45) is 0.426. The minimum atomic E-state index is -0.773. The van der Waals surface area contributed by atoms with Gasteiger partial charge in [0.15, 0.2) is 23.8 Å². The molecule has 8 nitrogen and oxygen atoms in total. The van der Waals surface area contributed by atoms with Gasteiger partial charge in [-0.3, -0.25) is 9.89 Å². The molecule has 0 amide bonds. The van der Waals surface area contributed by atoms with Crippen molar-refractivity contribution in [3.63, 3.8) is 0 Å². The monoisotopic (exact) mass is 294 g/mol. The molecule has 0 spiro atoms. The number of nitrogens with zero attached hydrogens (tertiary/aromatic N) is 1. The van der Waals surface area contributed by atoms with Gasteiger partial charge in [-0.15, -0.1) is 0 Å². The van der Waals surface area contributed by atoms with Gasteiger partial charge < -0.3 is 14.2 Å². The second-order valence-corrected chi connectivity index (χ2v) is 4.18. The molecule has 1 aliphatic rings. The first-order chi connectivity index (χ1) is 10.0. The molecular formula is C13H14N2O6. The van der Waals surface area contributed by atoms with Gasteiger partial charge in [0.25, 0.3) is 0 Å². The highest BCUT2D eigenvalue weighted by Gasteiger charge is 2.34. The molecule has 8 heteroatoms. The Morgan fingerprint density at radius 1 is 1.29 bits per heavy atom. The smallest absolute Gasteiger partial charge is 0.357 e. The average molecular weight is 294 g/mol. The van der Waals surface area contributed by atoms with E-state index in [9.17, 15) is 14.4 Å². The van der Waals surface area contributed by atoms with Crippen LogP contribution in [-0.4, -0.2) is 48.7 Å². The first-order valence-corrected chi connectivity index (χ1v) is 6.19. The van der Waals surface area contributed by atoms with Crippen molar-refractivity contribution < 1.29 is 28.6 Å². The number of H-pyrrole nitrogens is 1. The van der Waals surface area contributed by atoms with Crippen LogP contribution in [0.3, 0.4) is 0 Å². The molecular weight excluding hydrogens is 280 g/mol. The van der Waals surface area contributed by atoms with Crippen molar-refractivity contribution in [1.29, 1.82) is 0 Å². The van der Waals surface area contributed by atoms with Gasteiger partial charge in [0.2, 0.25) is 0 Å². The number of ether oxygens (including phenoxy) is 3. The van der Waals surface area contributed by atoms with Crippen LogP contribution < -0.4 is 0 Å². The molecule has 1 N–H and O–H groups in total. The van der Waals surface area contributed by atoms with Crippen molar-refractivity contribution in [1.82, 2.24) is 10.2 Å². The van der Waals surface area contributed by atoms with E-state index in [4.69, 9.17) is 4.74 Å². The van der Waals surface area contributed by atoms with Gasteiger partial charge in [0, 0.05) is 5.57 Å². The molecule has 21 heavy (non-hydrogen) atoms. The molecule has 1 aromatic heterocycles. The summed E-state index contributed by atoms with van der Waals surface area (Å²) in [5, 5.41) is 6.33. The Bertz CT molecular complexity index is 643. The van der Waals surface area contributed by atoms with E-state index in [0.29, 0.717) is 12.0 Å². The van der Waals surface area contributed by atoms with Gasteiger partial charge >= 0.3 is 11.9 Å². The molecule has 1 aromatic rings. The lowest BCUT2D eigenvalue weighted by Gasteiger charge is -2.05. The first kappa shape index (κ1) is 14.8. The van der Waals surface area contributed by atoms with Crippen LogP contribution >= 0.6 is 0 Å². The van der Waals surface area contributed by atoms with E-state index in [1.54, 1.807) is 6.92 Å². The minimum Gasteiger partial charge on any atom is -0.483 e. The highest BCUT2D eigenvalue weighted by Crippen LogP contribution is 2.30. The number of hydrogen-bond donors (Lipinski definition) is 1. The van der Waals surface area contributed by atoms with E-state index in [1.807, 2.05) is 0 Å². The molecule has 2 rings (SSSR count). The molecule has 0 aliphatic carbocycles. The quantitative estimate of drug-likeness (QED) is 0.814. The van der Waals surface area contributed by atoms with Crippen molar-refractivity contribution in [2.24, 2.45) is 0 Å². The predicted molar refractivity (Wildman–Crippen MR) is 69.4 cm³/mol. The van der Waals surface area contributed by atoms with E-state index >= 15 is 0 Å². The standard InChI is InChI=1S/C13H14N2O6/c1-4-6-7(16)5-21-11(6)9-8(12(17)19-2)10(15-14-9)13(18)20-3/h4-5H2,1-3H3,(H,14,15). The van der Waals surface area contributed by atoms with E-state index < -0.39 is 11.9 Å². The van der Waals surface area contributed by atoms with Crippen LogP contribution in [-0.2, 0) is 19.0 Å². The molecule has 0 unspecified atom stereocenters. The largest absolute Gasteiger partial charge is 0.483 e. The van der Waals surface area contributed by atoms with Crippen LogP contribution in [0.1, 0.15) is 39.9 Å². The lowest BCUT2D eigenvalue weighted by atomic mass is 10.1. The second kappa shape index (κ2) is 5.78. The molecule has 0 saturated carbocycles. The van der Waals surface area contributed by atoms with Crippen LogP contribution in [0, 0.1) is 0 Å². The minimum absolute atomic E-state index is 0.0740. The Hall–Kier alpha value is -2.64. The van der Waals surface area contributed by atoms with E-state index in [1.165, 1.54) is 14.2 Å². The zero-order valence-corrected chi connectivity index (χ0v) is 11.8. The molecule has 0 atom stereocenters. The molecule has 2 heterocycles. The second-order valence-electron chi connectivity index (χ2n) is 4.18. The fourth-order valence-electron chi connectivity index (χ4n) is 2.06. The summed E-state index contributed by atoms with van der Waals surface area (Å²) in [7, 11) is 2.35. The SMILES string of the molecule is CCC1=C(c2n[nH]c(C(=O)OC)c2C(=O)OC)OCC1=O. The third-order valence-electron chi connectivity index (χ3n) is 3.07. The van der Waals surface area contributed by atoms with Gasteiger partial charge in [0.05, 0.1) is 14.2 Å². The molecule has 0 saturated heterocycles. The fourth-order valence-corrected chi connectivity index (χ4v) is 2.06. The Labute approximate surface area is 120 Å². The van der Waals surface area contributed by atoms with E-state index in [-0.39, 0.29) is 35.1 Å². The lowest BCUT2D eigenvalue weighted by Crippen LogP contribution is -2.12. The molecule has 112 valence electrons. The number of Topliss-reactive ketones (excluding diaryl/α,β-unsaturated/α-hetero) is 1. The zero-order chi connectivity index (χ0) is 15.6. The molecule has 0 bridgehead atoms. The van der Waals surface area contributed by atoms with Crippen LogP contribution in [0.4, 0.5) is 0 Å². The summed E-state index contributed by atoms with van der Waals surface area (Å²) >= 11 is 0. The number of nitrogens with one attached hydrogen (secondary N) is 1. The number of carbonyl (C=O) groups excluding carboxylic acids is 3. The number of carbonyl (C=O) groups is 3. The zero-order valence-electron chi connectivity index (χ0n) is 11.8. The predicted octanol–water partition coefficient (Wildman–Crippen LogP) is 0.703. The highest BCUT2D eigenvalue weighted by atomic mass is 16.5. The number of aromatic amines is 1. The maximum Gasteiger partial charge on any atom is 0.357 e. The van der Waals surface area contributed by atoms with Crippen LogP contribution in [0.25, 0.3) is 5.76 Å². The number of hydrogen-bond acceptors (Lipinski definition) is 7. The fraction of sp³-hybridized carbons (Fsp3) is 0.385. The lowest BCUT2D eigenvalue weighted by molar-refractivity contribution is -0.116. The topological polar surface area (TPSA) is 108 Å². The van der Waals surface area contributed by atoms with Crippen molar-refractivity contribution in [2.45, 2.75) is 13.3 Å². The third-order valence-corrected chi connectivity index (χ3v) is 3.07. The van der Waals surface area contributed by atoms with E-state index in [2.05, 4.69) is 19.7 Å². The maximum absolute atomic E-state index is 11.9. The highest BCUT2D eigenvalue weighted by molar-refractivity contribution is 6.09. The Morgan fingerprint density at radius 3 is 2.52 bits per heavy atom. The maximum atomic E-state index is 11.9. The van der Waals surface area contributed by atoms with Gasteiger partial charge in [-0.05, 0) is 6.42 Å². The number of ketones is 1. The number of aromatic nitrogens is 2. The first-order valence-electron chi connectivity index (χ1n) is 6.19. The number of rotatable bonds is 4. The van der Waals surface area contributed by atoms with Gasteiger partial charge in [0.1, 0.15) is 11.3 Å². The molecule has 0 aromatic carbocycles. The molecule has 0 radical (unpaired) electrons. The summed E-state index contributed by atoms with van der Waals surface area (Å²) in [4.78, 5) is 35.3. The molecule has 0 fully saturated rings. The van der Waals surface area contributed by atoms with Gasteiger partial charge in [-0.1, -0.05) is 6.92 Å². The summed E-state index contributed by atoms with van der Waals surface area (Å²) in [6, 6.07) is 0. The Kier molecular flexibility index (Phi) is 4.06. The Morgan fingerprint density at radius 2 is 1.95 bits per heavy atom. The van der Waals surface area contributed by atoms with Crippen LogP contribution in [0.5, 0.6) is 0 Å². The Balaban J connectivity index is 2.62. The summed E-state index contributed by atoms with van der Waals surface area (Å²) in [6.45, 7) is 1.67. The normalized spacial score (nSPS) is 14.1. The van der Waals surface area contributed by atoms with Gasteiger partial charge in [-0.25, -0.2) is 9.59 Å². The van der Waals surface area contributed by atoms with E-state index in [0.717, 1.165) is 0 Å². The van der Waals surface area contributed by atoms with Crippen molar-refractivity contribution >= 4 is 23.5 Å². The van der Waals surface area contributed by atoms with Crippen molar-refractivity contribution in [2.75, 3.05) is 20.8 Å². The van der Waals surface area contributed by atoms with Crippen molar-refractivity contribution in [3.05, 3.63) is 22.5 Å². The average Bonchev–Trinajstić information content (AvgIpc) is 3.08. The summed E-state index contributed by atoms with van der Waals surface area (Å²) < 4.78 is 14.5. The van der Waals surface area contributed by atoms with Crippen molar-refractivity contribution in [3.8, 4) is 0 Å². The number of methoxy groups -OCH3 is 2. The van der Waals surface area contributed by atoms with Crippen LogP contribution in [0.2, 0.25) is 0 Å². The summed E-state index contributed by atoms with van der Waals surface area (Å²) in [5.41, 5.74) is 0.235. The molecule has 1 aliphatic heterocycles. The number of esters is 2. The van der Waals surface area contributed by atoms with Crippen LogP contribution in [0.15, 0.2) is 5.57 Å². The summed E-state index contributed by atoms with van der Waals surface area (Å²) in [5.74, 6) is -1.53. The third kappa shape index (κ3) is 2.39.